The van der Waals surface area contributed by atoms with E-state index < -0.39 is 23.7 Å². The van der Waals surface area contributed by atoms with E-state index in [0.717, 1.165) is 12.1 Å². The molecule has 21 heavy (non-hydrogen) atoms. The van der Waals surface area contributed by atoms with Crippen molar-refractivity contribution in [3.8, 4) is 5.75 Å². The Morgan fingerprint density at radius 1 is 1.52 bits per heavy atom. The summed E-state index contributed by atoms with van der Waals surface area (Å²) in [5, 5.41) is 9.08. The van der Waals surface area contributed by atoms with Crippen molar-refractivity contribution >= 4 is 23.5 Å². The van der Waals surface area contributed by atoms with Gasteiger partial charge in [-0.2, -0.15) is 0 Å². The van der Waals surface area contributed by atoms with Crippen LogP contribution in [0.5, 0.6) is 5.75 Å². The van der Waals surface area contributed by atoms with E-state index in [2.05, 4.69) is 0 Å². The number of aliphatic carboxylic acids is 1. The Morgan fingerprint density at radius 2 is 2.29 bits per heavy atom. The van der Waals surface area contributed by atoms with Crippen LogP contribution < -0.4 is 4.74 Å². The minimum absolute atomic E-state index is 0.0413. The maximum atomic E-state index is 12.9. The quantitative estimate of drug-likeness (QED) is 0.902. The van der Waals surface area contributed by atoms with Gasteiger partial charge in [-0.25, -0.2) is 9.18 Å². The second kappa shape index (κ2) is 6.73. The normalized spacial score (nSPS) is 18.4. The van der Waals surface area contributed by atoms with E-state index in [1.807, 2.05) is 0 Å². The lowest BCUT2D eigenvalue weighted by molar-refractivity contribution is -0.159. The van der Waals surface area contributed by atoms with E-state index >= 15 is 0 Å². The molecule has 0 saturated carbocycles. The van der Waals surface area contributed by atoms with Crippen LogP contribution in [0.1, 0.15) is 0 Å². The topological polar surface area (TPSA) is 76.1 Å². The van der Waals surface area contributed by atoms with E-state index in [4.69, 9.17) is 26.2 Å². The molecule has 1 fully saturated rings. The number of benzene rings is 1. The molecule has 1 saturated heterocycles. The van der Waals surface area contributed by atoms with Crippen molar-refractivity contribution in [1.82, 2.24) is 4.90 Å². The van der Waals surface area contributed by atoms with Gasteiger partial charge in [-0.1, -0.05) is 11.6 Å². The van der Waals surface area contributed by atoms with Crippen molar-refractivity contribution in [1.29, 1.82) is 0 Å². The van der Waals surface area contributed by atoms with Gasteiger partial charge in [0, 0.05) is 6.54 Å². The minimum atomic E-state index is -1.14. The molecule has 6 nitrogen and oxygen atoms in total. The average Bonchev–Trinajstić information content (AvgIpc) is 2.46. The number of nitrogens with zero attached hydrogens (tertiary/aromatic N) is 1. The van der Waals surface area contributed by atoms with E-state index in [9.17, 15) is 14.0 Å². The number of carbonyl (C=O) groups excluding carboxylic acids is 1. The van der Waals surface area contributed by atoms with Crippen LogP contribution in [0, 0.1) is 5.82 Å². The zero-order chi connectivity index (χ0) is 15.4. The summed E-state index contributed by atoms with van der Waals surface area (Å²) in [6, 6.07) is 2.49. The summed E-state index contributed by atoms with van der Waals surface area (Å²) in [4.78, 5) is 24.3. The first-order chi connectivity index (χ1) is 9.99. The third-order valence-electron chi connectivity index (χ3n) is 2.98. The molecule has 1 aromatic rings. The summed E-state index contributed by atoms with van der Waals surface area (Å²) in [5.41, 5.74) is 0. The van der Waals surface area contributed by atoms with Crippen LogP contribution >= 0.6 is 11.6 Å². The number of carboxylic acids is 1. The molecular formula is C13H13ClFNO5. The van der Waals surface area contributed by atoms with Crippen LogP contribution in [0.25, 0.3) is 0 Å². The summed E-state index contributed by atoms with van der Waals surface area (Å²) in [6.07, 6.45) is 0. The molecule has 114 valence electrons. The predicted molar refractivity (Wildman–Crippen MR) is 70.9 cm³/mol. The fourth-order valence-electron chi connectivity index (χ4n) is 1.92. The number of hydrogen-bond donors (Lipinski definition) is 1. The van der Waals surface area contributed by atoms with E-state index in [-0.39, 0.29) is 37.1 Å². The Kier molecular flexibility index (Phi) is 4.98. The van der Waals surface area contributed by atoms with Crippen LogP contribution in [0.2, 0.25) is 5.02 Å². The van der Waals surface area contributed by atoms with Gasteiger partial charge >= 0.3 is 5.97 Å². The maximum absolute atomic E-state index is 12.9. The van der Waals surface area contributed by atoms with Gasteiger partial charge in [0.15, 0.2) is 12.6 Å². The molecule has 1 aliphatic heterocycles. The van der Waals surface area contributed by atoms with Crippen molar-refractivity contribution < 1.29 is 28.6 Å². The molecule has 1 heterocycles. The number of rotatable bonds is 4. The lowest BCUT2D eigenvalue weighted by Gasteiger charge is -2.32. The summed E-state index contributed by atoms with van der Waals surface area (Å²) < 4.78 is 23.1. The molecule has 0 bridgehead atoms. The monoisotopic (exact) mass is 317 g/mol. The molecule has 2 rings (SSSR count). The second-order valence-electron chi connectivity index (χ2n) is 4.38. The van der Waals surface area contributed by atoms with Gasteiger partial charge in [0.05, 0.1) is 18.2 Å². The fraction of sp³-hybridized carbons (Fsp3) is 0.385. The average molecular weight is 318 g/mol. The summed E-state index contributed by atoms with van der Waals surface area (Å²) in [7, 11) is 0. The number of hydrogen-bond acceptors (Lipinski definition) is 4. The van der Waals surface area contributed by atoms with Crippen molar-refractivity contribution in [2.45, 2.75) is 6.04 Å². The number of carboxylic acid groups (broad SMARTS) is 1. The standard InChI is InChI=1S/C13H13ClFNO5/c14-9-5-8(15)1-2-11(9)21-7-12(17)16-3-4-20-6-10(16)13(18)19/h1-2,5,10H,3-4,6-7H2,(H,18,19)/t10-/m1/s1. The van der Waals surface area contributed by atoms with Gasteiger partial charge < -0.3 is 19.5 Å². The predicted octanol–water partition coefficient (Wildman–Crippen LogP) is 1.17. The lowest BCUT2D eigenvalue weighted by atomic mass is 10.2. The molecule has 0 radical (unpaired) electrons. The number of ether oxygens (including phenoxy) is 2. The smallest absolute Gasteiger partial charge is 0.328 e. The highest BCUT2D eigenvalue weighted by Gasteiger charge is 2.32. The van der Waals surface area contributed by atoms with Crippen LogP contribution in [-0.4, -0.2) is 54.3 Å². The Balaban J connectivity index is 1.98. The number of amides is 1. The first-order valence-electron chi connectivity index (χ1n) is 6.17. The lowest BCUT2D eigenvalue weighted by Crippen LogP contribution is -2.53. The van der Waals surface area contributed by atoms with Gasteiger partial charge in [0.2, 0.25) is 0 Å². The summed E-state index contributed by atoms with van der Waals surface area (Å²) in [6.45, 7) is 0.0106. The second-order valence-corrected chi connectivity index (χ2v) is 4.79. The number of halogens is 2. The van der Waals surface area contributed by atoms with E-state index in [0.29, 0.717) is 0 Å². The van der Waals surface area contributed by atoms with E-state index in [1.54, 1.807) is 0 Å². The van der Waals surface area contributed by atoms with Gasteiger partial charge in [-0.15, -0.1) is 0 Å². The first-order valence-corrected chi connectivity index (χ1v) is 6.54. The molecule has 0 aromatic heterocycles. The van der Waals surface area contributed by atoms with Crippen molar-refractivity contribution in [3.63, 3.8) is 0 Å². The molecule has 0 spiro atoms. The molecule has 0 aliphatic carbocycles. The Labute approximate surface area is 125 Å². The third-order valence-corrected chi connectivity index (χ3v) is 3.27. The number of morpholine rings is 1. The van der Waals surface area contributed by atoms with Crippen molar-refractivity contribution in [2.75, 3.05) is 26.4 Å². The molecule has 8 heteroatoms. The zero-order valence-electron chi connectivity index (χ0n) is 10.9. The molecule has 1 N–H and O–H groups in total. The Hall–Kier alpha value is -1.86. The van der Waals surface area contributed by atoms with Crippen LogP contribution in [-0.2, 0) is 14.3 Å². The molecule has 0 unspecified atom stereocenters. The number of carbonyl (C=O) groups is 2. The molecule has 1 amide bonds. The van der Waals surface area contributed by atoms with Crippen LogP contribution in [0.3, 0.4) is 0 Å². The Bertz CT molecular complexity index is 553. The summed E-state index contributed by atoms with van der Waals surface area (Å²) >= 11 is 5.77. The molecular weight excluding hydrogens is 305 g/mol. The van der Waals surface area contributed by atoms with Gasteiger partial charge in [-0.3, -0.25) is 4.79 Å². The molecule has 1 atom stereocenters. The highest BCUT2D eigenvalue weighted by molar-refractivity contribution is 6.32. The maximum Gasteiger partial charge on any atom is 0.328 e. The van der Waals surface area contributed by atoms with Crippen LogP contribution in [0.4, 0.5) is 4.39 Å². The summed E-state index contributed by atoms with van der Waals surface area (Å²) in [5.74, 6) is -1.99. The fourth-order valence-corrected chi connectivity index (χ4v) is 2.14. The highest BCUT2D eigenvalue weighted by Crippen LogP contribution is 2.24. The SMILES string of the molecule is O=C(O)[C@H]1COCCN1C(=O)COc1ccc(F)cc1Cl. The first kappa shape index (κ1) is 15.5. The molecule has 1 aliphatic rings. The highest BCUT2D eigenvalue weighted by atomic mass is 35.5. The van der Waals surface area contributed by atoms with Gasteiger partial charge in [0.25, 0.3) is 5.91 Å². The minimum Gasteiger partial charge on any atom is -0.482 e. The van der Waals surface area contributed by atoms with Crippen molar-refractivity contribution in [2.24, 2.45) is 0 Å². The van der Waals surface area contributed by atoms with E-state index in [1.165, 1.54) is 11.0 Å². The molecule has 1 aromatic carbocycles. The zero-order valence-corrected chi connectivity index (χ0v) is 11.7. The third kappa shape index (κ3) is 3.83. The van der Waals surface area contributed by atoms with Crippen molar-refractivity contribution in [3.05, 3.63) is 29.0 Å². The van der Waals surface area contributed by atoms with Gasteiger partial charge in [-0.05, 0) is 18.2 Å². The largest absolute Gasteiger partial charge is 0.482 e. The van der Waals surface area contributed by atoms with Gasteiger partial charge in [0.1, 0.15) is 11.6 Å². The Morgan fingerprint density at radius 3 is 2.95 bits per heavy atom. The van der Waals surface area contributed by atoms with Crippen LogP contribution in [0.15, 0.2) is 18.2 Å².